The van der Waals surface area contributed by atoms with Gasteiger partial charge in [0, 0.05) is 6.07 Å². The smallest absolute Gasteiger partial charge is 0.345 e. The zero-order chi connectivity index (χ0) is 18.6. The molecule has 0 bridgehead atoms. The predicted molar refractivity (Wildman–Crippen MR) is 86.4 cm³/mol. The van der Waals surface area contributed by atoms with Gasteiger partial charge in [-0.05, 0) is 24.6 Å². The fourth-order valence-corrected chi connectivity index (χ4v) is 2.21. The van der Waals surface area contributed by atoms with Crippen LogP contribution in [-0.2, 0) is 4.74 Å². The normalized spacial score (nSPS) is 11.5. The van der Waals surface area contributed by atoms with Crippen LogP contribution in [-0.4, -0.2) is 25.1 Å². The van der Waals surface area contributed by atoms with E-state index in [0.29, 0.717) is 5.56 Å². The Labute approximate surface area is 143 Å². The van der Waals surface area contributed by atoms with E-state index in [9.17, 15) is 19.3 Å². The van der Waals surface area contributed by atoms with Crippen molar-refractivity contribution >= 4 is 11.7 Å². The van der Waals surface area contributed by atoms with Crippen molar-refractivity contribution in [2.75, 3.05) is 14.2 Å². The van der Waals surface area contributed by atoms with E-state index in [0.717, 1.165) is 6.07 Å². The average Bonchev–Trinajstić information content (AvgIpc) is 2.60. The maximum atomic E-state index is 13.0. The molecule has 1 atom stereocenters. The van der Waals surface area contributed by atoms with Crippen LogP contribution < -0.4 is 9.47 Å². The monoisotopic (exact) mass is 349 g/mol. The highest BCUT2D eigenvalue weighted by Crippen LogP contribution is 2.35. The highest BCUT2D eigenvalue weighted by Gasteiger charge is 2.27. The van der Waals surface area contributed by atoms with Gasteiger partial charge in [-0.3, -0.25) is 10.1 Å². The van der Waals surface area contributed by atoms with Gasteiger partial charge in [0.2, 0.25) is 0 Å². The summed E-state index contributed by atoms with van der Waals surface area (Å²) in [5.74, 6) is -1.03. The Bertz CT molecular complexity index is 790. The van der Waals surface area contributed by atoms with E-state index in [2.05, 4.69) is 0 Å². The van der Waals surface area contributed by atoms with E-state index in [1.54, 1.807) is 6.92 Å². The minimum Gasteiger partial charge on any atom is -0.493 e. The molecule has 0 unspecified atom stereocenters. The van der Waals surface area contributed by atoms with Crippen LogP contribution in [0.5, 0.6) is 11.5 Å². The van der Waals surface area contributed by atoms with Crippen molar-refractivity contribution in [3.63, 3.8) is 0 Å². The first-order valence-corrected chi connectivity index (χ1v) is 7.24. The molecule has 132 valence electrons. The van der Waals surface area contributed by atoms with Crippen LogP contribution in [0.2, 0.25) is 0 Å². The number of carbonyl (C=O) groups excluding carboxylic acids is 1. The third kappa shape index (κ3) is 4.03. The zero-order valence-electron chi connectivity index (χ0n) is 13.8. The number of nitrogens with zero attached hydrogens (tertiary/aromatic N) is 1. The molecule has 0 aromatic heterocycles. The number of nitro benzene ring substituents is 1. The number of methoxy groups -OCH3 is 2. The number of rotatable bonds is 6. The summed E-state index contributed by atoms with van der Waals surface area (Å²) in [7, 11) is 2.68. The molecule has 7 nitrogen and oxygen atoms in total. The number of hydrogen-bond donors (Lipinski definition) is 0. The van der Waals surface area contributed by atoms with Crippen molar-refractivity contribution in [2.45, 2.75) is 13.0 Å². The van der Waals surface area contributed by atoms with Gasteiger partial charge < -0.3 is 14.2 Å². The quantitative estimate of drug-likeness (QED) is 0.449. The predicted octanol–water partition coefficient (Wildman–Crippen LogP) is 3.67. The van der Waals surface area contributed by atoms with E-state index < -0.39 is 28.5 Å². The Morgan fingerprint density at radius 3 is 2.20 bits per heavy atom. The highest BCUT2D eigenvalue weighted by atomic mass is 19.1. The van der Waals surface area contributed by atoms with Crippen molar-refractivity contribution in [1.82, 2.24) is 0 Å². The second-order valence-electron chi connectivity index (χ2n) is 5.08. The first kappa shape index (κ1) is 18.2. The largest absolute Gasteiger partial charge is 0.493 e. The molecule has 2 aromatic rings. The van der Waals surface area contributed by atoms with Crippen LogP contribution in [0.15, 0.2) is 36.4 Å². The standard InChI is InChI=1S/C17H16FNO6/c1-10(11-4-6-12(18)7-5-11)25-17(20)13-8-15(23-2)16(24-3)9-14(13)19(21)22/h4-10H,1-3H3/t10-/m0/s1. The van der Waals surface area contributed by atoms with Gasteiger partial charge in [-0.2, -0.15) is 0 Å². The summed E-state index contributed by atoms with van der Waals surface area (Å²) in [6.45, 7) is 1.58. The summed E-state index contributed by atoms with van der Waals surface area (Å²) in [5.41, 5.74) is -0.177. The molecule has 8 heteroatoms. The lowest BCUT2D eigenvalue weighted by molar-refractivity contribution is -0.385. The molecule has 0 N–H and O–H groups in total. The minimum atomic E-state index is -0.899. The van der Waals surface area contributed by atoms with Crippen LogP contribution in [0.4, 0.5) is 10.1 Å². The summed E-state index contributed by atoms with van der Waals surface area (Å²) < 4.78 is 28.3. The van der Waals surface area contributed by atoms with Crippen molar-refractivity contribution < 1.29 is 28.3 Å². The molecular formula is C17H16FNO6. The van der Waals surface area contributed by atoms with Gasteiger partial charge in [0.15, 0.2) is 11.5 Å². The molecule has 0 fully saturated rings. The van der Waals surface area contributed by atoms with Crippen molar-refractivity contribution in [3.05, 3.63) is 63.5 Å². The summed E-state index contributed by atoms with van der Waals surface area (Å²) >= 11 is 0. The molecule has 2 aromatic carbocycles. The lowest BCUT2D eigenvalue weighted by Gasteiger charge is -2.15. The second-order valence-corrected chi connectivity index (χ2v) is 5.08. The van der Waals surface area contributed by atoms with E-state index in [-0.39, 0.29) is 17.1 Å². The molecular weight excluding hydrogens is 333 g/mol. The van der Waals surface area contributed by atoms with E-state index in [1.807, 2.05) is 0 Å². The van der Waals surface area contributed by atoms with Crippen LogP contribution in [0, 0.1) is 15.9 Å². The summed E-state index contributed by atoms with van der Waals surface area (Å²) in [5, 5.41) is 11.2. The molecule has 0 radical (unpaired) electrons. The Morgan fingerprint density at radius 1 is 1.12 bits per heavy atom. The molecule has 2 rings (SSSR count). The van der Waals surface area contributed by atoms with Crippen LogP contribution in [0.1, 0.15) is 28.9 Å². The first-order valence-electron chi connectivity index (χ1n) is 7.24. The Balaban J connectivity index is 2.34. The van der Waals surface area contributed by atoms with Gasteiger partial charge in [0.1, 0.15) is 17.5 Å². The first-order chi connectivity index (χ1) is 11.9. The molecule has 0 saturated heterocycles. The Morgan fingerprint density at radius 2 is 1.68 bits per heavy atom. The number of hydrogen-bond acceptors (Lipinski definition) is 6. The minimum absolute atomic E-state index is 0.123. The number of carbonyl (C=O) groups is 1. The fraction of sp³-hybridized carbons (Fsp3) is 0.235. The van der Waals surface area contributed by atoms with E-state index in [1.165, 1.54) is 44.6 Å². The van der Waals surface area contributed by atoms with Gasteiger partial charge in [0.05, 0.1) is 25.2 Å². The molecule has 0 heterocycles. The number of nitro groups is 1. The van der Waals surface area contributed by atoms with Gasteiger partial charge in [-0.15, -0.1) is 0 Å². The third-order valence-electron chi connectivity index (χ3n) is 3.54. The zero-order valence-corrected chi connectivity index (χ0v) is 13.8. The Hall–Kier alpha value is -3.16. The topological polar surface area (TPSA) is 87.9 Å². The maximum absolute atomic E-state index is 13.0. The van der Waals surface area contributed by atoms with Crippen LogP contribution >= 0.6 is 0 Å². The van der Waals surface area contributed by atoms with E-state index >= 15 is 0 Å². The number of esters is 1. The summed E-state index contributed by atoms with van der Waals surface area (Å²) in [4.78, 5) is 22.9. The van der Waals surface area contributed by atoms with Crippen molar-refractivity contribution in [2.24, 2.45) is 0 Å². The molecule has 0 saturated carbocycles. The molecule has 0 aliphatic rings. The highest BCUT2D eigenvalue weighted by molar-refractivity contribution is 5.95. The molecule has 0 spiro atoms. The fourth-order valence-electron chi connectivity index (χ4n) is 2.21. The lowest BCUT2D eigenvalue weighted by atomic mass is 10.1. The molecule has 0 aliphatic heterocycles. The van der Waals surface area contributed by atoms with Crippen molar-refractivity contribution in [3.8, 4) is 11.5 Å². The second kappa shape index (κ2) is 7.61. The lowest BCUT2D eigenvalue weighted by Crippen LogP contribution is -2.12. The van der Waals surface area contributed by atoms with Gasteiger partial charge >= 0.3 is 5.97 Å². The van der Waals surface area contributed by atoms with Gasteiger partial charge in [-0.1, -0.05) is 12.1 Å². The SMILES string of the molecule is COc1cc(C(=O)O[C@@H](C)c2ccc(F)cc2)c([N+](=O)[O-])cc1OC. The van der Waals surface area contributed by atoms with Crippen molar-refractivity contribution in [1.29, 1.82) is 0 Å². The third-order valence-corrected chi connectivity index (χ3v) is 3.54. The Kier molecular flexibility index (Phi) is 5.53. The van der Waals surface area contributed by atoms with Crippen LogP contribution in [0.3, 0.4) is 0 Å². The average molecular weight is 349 g/mol. The number of benzene rings is 2. The summed E-state index contributed by atoms with van der Waals surface area (Å²) in [6.07, 6.45) is -0.721. The summed E-state index contributed by atoms with van der Waals surface area (Å²) in [6, 6.07) is 7.69. The number of halogens is 1. The number of ether oxygens (including phenoxy) is 3. The molecule has 0 aliphatic carbocycles. The molecule has 0 amide bonds. The maximum Gasteiger partial charge on any atom is 0.345 e. The van der Waals surface area contributed by atoms with Gasteiger partial charge in [-0.25, -0.2) is 9.18 Å². The van der Waals surface area contributed by atoms with Gasteiger partial charge in [0.25, 0.3) is 5.69 Å². The molecule has 25 heavy (non-hydrogen) atoms. The van der Waals surface area contributed by atoms with E-state index in [4.69, 9.17) is 14.2 Å². The van der Waals surface area contributed by atoms with Crippen LogP contribution in [0.25, 0.3) is 0 Å².